The summed E-state index contributed by atoms with van der Waals surface area (Å²) >= 11 is 0. The van der Waals surface area contributed by atoms with Crippen molar-refractivity contribution >= 4 is 11.9 Å². The molecule has 0 aromatic heterocycles. The van der Waals surface area contributed by atoms with Crippen LogP contribution in [0.5, 0.6) is 23.0 Å². The second kappa shape index (κ2) is 9.94. The molecule has 0 amide bonds. The number of esters is 2. The van der Waals surface area contributed by atoms with Crippen molar-refractivity contribution in [2.75, 3.05) is 26.4 Å². The average molecular weight is 462 g/mol. The van der Waals surface area contributed by atoms with Crippen molar-refractivity contribution in [1.29, 1.82) is 0 Å². The summed E-state index contributed by atoms with van der Waals surface area (Å²) in [6.07, 6.45) is 0.343. The lowest BCUT2D eigenvalue weighted by molar-refractivity contribution is 0.0720. The lowest BCUT2D eigenvalue weighted by Gasteiger charge is -2.08. The number of carbonyl (C=O) groups excluding carboxylic acids is 2. The molecule has 0 aliphatic carbocycles. The Kier molecular flexibility index (Phi) is 6.42. The van der Waals surface area contributed by atoms with E-state index in [1.165, 1.54) is 24.3 Å². The van der Waals surface area contributed by atoms with Gasteiger partial charge in [0.2, 0.25) is 0 Å². The minimum Gasteiger partial charge on any atom is -0.491 e. The van der Waals surface area contributed by atoms with E-state index in [0.717, 1.165) is 13.2 Å². The van der Waals surface area contributed by atoms with E-state index in [4.69, 9.17) is 28.4 Å². The molecule has 3 aromatic rings. The molecule has 8 heteroatoms. The molecule has 2 heterocycles. The Morgan fingerprint density at radius 1 is 0.588 bits per heavy atom. The lowest BCUT2D eigenvalue weighted by atomic mass is 10.1. The van der Waals surface area contributed by atoms with Crippen molar-refractivity contribution in [3.8, 4) is 23.0 Å². The number of carbonyl (C=O) groups is 2. The SMILES string of the molecule is O=C(Oc1ccc(OCC2CO2)cc1)c1ccc(C(=O)Oc2ccc(OCC3CO3)cc2)cc1. The van der Waals surface area contributed by atoms with Crippen LogP contribution in [-0.4, -0.2) is 50.6 Å². The molecule has 0 radical (unpaired) electrons. The highest BCUT2D eigenvalue weighted by Crippen LogP contribution is 2.22. The fourth-order valence-electron chi connectivity index (χ4n) is 2.99. The third-order valence-electron chi connectivity index (χ3n) is 5.10. The zero-order chi connectivity index (χ0) is 23.3. The van der Waals surface area contributed by atoms with Gasteiger partial charge in [-0.15, -0.1) is 0 Å². The maximum absolute atomic E-state index is 12.4. The van der Waals surface area contributed by atoms with E-state index in [1.54, 1.807) is 48.5 Å². The van der Waals surface area contributed by atoms with Crippen LogP contribution in [0.15, 0.2) is 72.8 Å². The number of ether oxygens (including phenoxy) is 6. The van der Waals surface area contributed by atoms with Crippen molar-refractivity contribution in [1.82, 2.24) is 0 Å². The van der Waals surface area contributed by atoms with E-state index < -0.39 is 11.9 Å². The first-order valence-electron chi connectivity index (χ1n) is 10.9. The molecule has 34 heavy (non-hydrogen) atoms. The van der Waals surface area contributed by atoms with E-state index in [-0.39, 0.29) is 12.2 Å². The molecule has 2 fully saturated rings. The highest BCUT2D eigenvalue weighted by Gasteiger charge is 2.23. The Morgan fingerprint density at radius 2 is 0.912 bits per heavy atom. The molecule has 8 nitrogen and oxygen atoms in total. The lowest BCUT2D eigenvalue weighted by Crippen LogP contribution is -2.11. The number of rotatable bonds is 10. The molecule has 0 spiro atoms. The van der Waals surface area contributed by atoms with E-state index in [2.05, 4.69) is 0 Å². The average Bonchev–Trinajstić information content (AvgIpc) is 3.79. The molecule has 5 rings (SSSR count). The van der Waals surface area contributed by atoms with Crippen LogP contribution in [-0.2, 0) is 9.47 Å². The molecular weight excluding hydrogens is 440 g/mol. The summed E-state index contributed by atoms with van der Waals surface area (Å²) in [6.45, 7) is 2.46. The Balaban J connectivity index is 1.12. The van der Waals surface area contributed by atoms with Gasteiger partial charge in [0.15, 0.2) is 0 Å². The van der Waals surface area contributed by atoms with Crippen LogP contribution >= 0.6 is 0 Å². The topological polar surface area (TPSA) is 96.1 Å². The van der Waals surface area contributed by atoms with Gasteiger partial charge in [0.25, 0.3) is 0 Å². The number of benzene rings is 3. The second-order valence-electron chi connectivity index (χ2n) is 7.83. The Hall–Kier alpha value is -3.88. The van der Waals surface area contributed by atoms with Gasteiger partial charge in [-0.05, 0) is 72.8 Å². The largest absolute Gasteiger partial charge is 0.491 e. The normalized spacial score (nSPS) is 18.0. The fourth-order valence-corrected chi connectivity index (χ4v) is 2.99. The van der Waals surface area contributed by atoms with Crippen LogP contribution in [0.3, 0.4) is 0 Å². The zero-order valence-corrected chi connectivity index (χ0v) is 18.2. The van der Waals surface area contributed by atoms with Gasteiger partial charge >= 0.3 is 11.9 Å². The van der Waals surface area contributed by atoms with Crippen LogP contribution in [0.4, 0.5) is 0 Å². The molecule has 0 saturated carbocycles. The van der Waals surface area contributed by atoms with Crippen molar-refractivity contribution in [2.24, 2.45) is 0 Å². The Labute approximate surface area is 195 Å². The summed E-state index contributed by atoms with van der Waals surface area (Å²) in [4.78, 5) is 24.8. The minimum atomic E-state index is -0.535. The Morgan fingerprint density at radius 3 is 1.24 bits per heavy atom. The standard InChI is InChI=1S/C26H22O8/c27-25(33-21-9-5-19(6-10-21)29-13-23-15-31-23)17-1-2-18(4-3-17)26(28)34-22-11-7-20(8-12-22)30-14-24-16-32-24/h1-12,23-24H,13-16H2. The first kappa shape index (κ1) is 21.9. The smallest absolute Gasteiger partial charge is 0.343 e. The minimum absolute atomic E-state index is 0.172. The highest BCUT2D eigenvalue weighted by molar-refractivity contribution is 5.94. The fraction of sp³-hybridized carbons (Fsp3) is 0.231. The van der Waals surface area contributed by atoms with Crippen LogP contribution in [0.2, 0.25) is 0 Å². The predicted molar refractivity (Wildman–Crippen MR) is 120 cm³/mol. The quantitative estimate of drug-likeness (QED) is 0.256. The van der Waals surface area contributed by atoms with Gasteiger partial charge < -0.3 is 28.4 Å². The molecule has 0 N–H and O–H groups in total. The summed E-state index contributed by atoms with van der Waals surface area (Å²) in [5, 5.41) is 0. The zero-order valence-electron chi connectivity index (χ0n) is 18.2. The molecule has 2 unspecified atom stereocenters. The summed E-state index contributed by atoms with van der Waals surface area (Å²) in [5.74, 6) is 1.06. The van der Waals surface area contributed by atoms with Gasteiger partial charge in [0.05, 0.1) is 24.3 Å². The molecule has 0 bridgehead atoms. The molecule has 2 aliphatic rings. The van der Waals surface area contributed by atoms with Crippen molar-refractivity contribution < 1.29 is 38.0 Å². The van der Waals surface area contributed by atoms with Gasteiger partial charge in [-0.1, -0.05) is 0 Å². The van der Waals surface area contributed by atoms with Crippen molar-refractivity contribution in [3.63, 3.8) is 0 Å². The second-order valence-corrected chi connectivity index (χ2v) is 7.83. The van der Waals surface area contributed by atoms with Crippen LogP contribution in [0.1, 0.15) is 20.7 Å². The van der Waals surface area contributed by atoms with Crippen LogP contribution in [0.25, 0.3) is 0 Å². The first-order chi connectivity index (χ1) is 16.6. The van der Waals surface area contributed by atoms with Crippen molar-refractivity contribution in [3.05, 3.63) is 83.9 Å². The van der Waals surface area contributed by atoms with Gasteiger partial charge in [0, 0.05) is 0 Å². The highest BCUT2D eigenvalue weighted by atomic mass is 16.6. The number of epoxide rings is 2. The van der Waals surface area contributed by atoms with Crippen molar-refractivity contribution in [2.45, 2.75) is 12.2 Å². The van der Waals surface area contributed by atoms with Gasteiger partial charge in [-0.3, -0.25) is 0 Å². The van der Waals surface area contributed by atoms with Gasteiger partial charge in [-0.2, -0.15) is 0 Å². The third kappa shape index (κ3) is 6.12. The monoisotopic (exact) mass is 462 g/mol. The summed E-state index contributed by atoms with van der Waals surface area (Å²) in [7, 11) is 0. The van der Waals surface area contributed by atoms with Gasteiger partial charge in [-0.25, -0.2) is 9.59 Å². The third-order valence-corrected chi connectivity index (χ3v) is 5.10. The summed E-state index contributed by atoms with van der Waals surface area (Å²) in [6, 6.07) is 19.6. The van der Waals surface area contributed by atoms with Crippen LogP contribution in [0, 0.1) is 0 Å². The van der Waals surface area contributed by atoms with E-state index >= 15 is 0 Å². The number of hydrogen-bond donors (Lipinski definition) is 0. The molecular formula is C26H22O8. The molecule has 3 aromatic carbocycles. The molecule has 2 atom stereocenters. The first-order valence-corrected chi connectivity index (χ1v) is 10.9. The van der Waals surface area contributed by atoms with E-state index in [9.17, 15) is 9.59 Å². The van der Waals surface area contributed by atoms with Crippen LogP contribution < -0.4 is 18.9 Å². The molecule has 2 aliphatic heterocycles. The van der Waals surface area contributed by atoms with E-state index in [1.807, 2.05) is 0 Å². The van der Waals surface area contributed by atoms with E-state index in [0.29, 0.717) is 47.3 Å². The maximum atomic E-state index is 12.4. The maximum Gasteiger partial charge on any atom is 0.343 e. The summed E-state index contributed by atoms with van der Waals surface area (Å²) in [5.41, 5.74) is 0.618. The number of hydrogen-bond acceptors (Lipinski definition) is 8. The molecule has 2 saturated heterocycles. The van der Waals surface area contributed by atoms with Gasteiger partial charge in [0.1, 0.15) is 48.4 Å². The predicted octanol–water partition coefficient (Wildman–Crippen LogP) is 3.68. The summed E-state index contributed by atoms with van der Waals surface area (Å²) < 4.78 is 32.1. The molecule has 174 valence electrons. The Bertz CT molecular complexity index is 1040.